The summed E-state index contributed by atoms with van der Waals surface area (Å²) in [6, 6.07) is 0. The Kier molecular flexibility index (Phi) is 4.81. The van der Waals surface area contributed by atoms with Gasteiger partial charge in [0, 0.05) is 13.1 Å². The van der Waals surface area contributed by atoms with E-state index >= 15 is 0 Å². The number of primary amides is 1. The SMILES string of the molecule is CC1(C)CNCCO1.NC=O. The molecule has 11 heavy (non-hydrogen) atoms. The lowest BCUT2D eigenvalue weighted by Crippen LogP contribution is -2.45. The molecule has 0 aliphatic carbocycles. The summed E-state index contributed by atoms with van der Waals surface area (Å²) in [5.41, 5.74) is 4.23. The summed E-state index contributed by atoms with van der Waals surface area (Å²) in [4.78, 5) is 8.58. The number of carbonyl (C=O) groups is 1. The van der Waals surface area contributed by atoms with Gasteiger partial charge in [-0.15, -0.1) is 0 Å². The van der Waals surface area contributed by atoms with E-state index in [1.165, 1.54) is 0 Å². The van der Waals surface area contributed by atoms with Crippen LogP contribution in [0.5, 0.6) is 0 Å². The molecule has 1 fully saturated rings. The first-order valence-electron chi connectivity index (χ1n) is 3.62. The maximum atomic E-state index is 8.58. The normalized spacial score (nSPS) is 21.3. The fourth-order valence-electron chi connectivity index (χ4n) is 0.840. The van der Waals surface area contributed by atoms with Gasteiger partial charge in [0.2, 0.25) is 6.41 Å². The van der Waals surface area contributed by atoms with E-state index in [4.69, 9.17) is 9.53 Å². The van der Waals surface area contributed by atoms with Crippen LogP contribution in [0.2, 0.25) is 0 Å². The molecular weight excluding hydrogens is 144 g/mol. The van der Waals surface area contributed by atoms with Gasteiger partial charge in [0.25, 0.3) is 0 Å². The molecule has 1 heterocycles. The van der Waals surface area contributed by atoms with Crippen molar-refractivity contribution >= 4 is 6.41 Å². The molecule has 1 aliphatic rings. The molecule has 1 rings (SSSR count). The van der Waals surface area contributed by atoms with E-state index in [1.807, 2.05) is 0 Å². The lowest BCUT2D eigenvalue weighted by Gasteiger charge is -2.30. The first-order valence-corrected chi connectivity index (χ1v) is 3.62. The van der Waals surface area contributed by atoms with E-state index in [0.717, 1.165) is 19.7 Å². The first-order chi connectivity index (χ1) is 5.12. The van der Waals surface area contributed by atoms with Gasteiger partial charge in [-0.1, -0.05) is 0 Å². The molecule has 0 bridgehead atoms. The van der Waals surface area contributed by atoms with E-state index in [2.05, 4.69) is 24.9 Å². The zero-order valence-corrected chi connectivity index (χ0v) is 7.09. The second-order valence-corrected chi connectivity index (χ2v) is 2.92. The van der Waals surface area contributed by atoms with Gasteiger partial charge in [-0.3, -0.25) is 4.79 Å². The molecule has 1 aliphatic heterocycles. The molecule has 0 aromatic carbocycles. The number of hydrogen-bond acceptors (Lipinski definition) is 3. The van der Waals surface area contributed by atoms with E-state index in [9.17, 15) is 0 Å². The van der Waals surface area contributed by atoms with Crippen LogP contribution in [-0.2, 0) is 9.53 Å². The predicted octanol–water partition coefficient (Wildman–Crippen LogP) is -0.514. The Labute approximate surface area is 67.1 Å². The Bertz CT molecular complexity index is 107. The first kappa shape index (κ1) is 10.4. The maximum Gasteiger partial charge on any atom is 0.204 e. The molecule has 66 valence electrons. The van der Waals surface area contributed by atoms with Crippen LogP contribution >= 0.6 is 0 Å². The van der Waals surface area contributed by atoms with Gasteiger partial charge in [0.15, 0.2) is 0 Å². The number of rotatable bonds is 0. The number of morpholine rings is 1. The van der Waals surface area contributed by atoms with E-state index in [1.54, 1.807) is 0 Å². The van der Waals surface area contributed by atoms with Gasteiger partial charge in [-0.05, 0) is 13.8 Å². The highest BCUT2D eigenvalue weighted by Crippen LogP contribution is 2.08. The maximum absolute atomic E-state index is 8.58. The smallest absolute Gasteiger partial charge is 0.204 e. The van der Waals surface area contributed by atoms with Crippen molar-refractivity contribution in [3.05, 3.63) is 0 Å². The highest BCUT2D eigenvalue weighted by Gasteiger charge is 2.20. The summed E-state index contributed by atoms with van der Waals surface area (Å²) in [5, 5.41) is 3.25. The number of amides is 1. The number of nitrogens with two attached hydrogens (primary N) is 1. The fraction of sp³-hybridized carbons (Fsp3) is 0.857. The minimum atomic E-state index is 0.0677. The van der Waals surface area contributed by atoms with E-state index < -0.39 is 0 Å². The average molecular weight is 160 g/mol. The van der Waals surface area contributed by atoms with Gasteiger partial charge in [0.1, 0.15) is 0 Å². The molecule has 0 saturated carbocycles. The van der Waals surface area contributed by atoms with Crippen LogP contribution in [0.4, 0.5) is 0 Å². The third-order valence-electron chi connectivity index (χ3n) is 1.32. The Morgan fingerprint density at radius 1 is 1.64 bits per heavy atom. The van der Waals surface area contributed by atoms with Gasteiger partial charge in [0.05, 0.1) is 12.2 Å². The summed E-state index contributed by atoms with van der Waals surface area (Å²) in [7, 11) is 0. The van der Waals surface area contributed by atoms with Crippen molar-refractivity contribution < 1.29 is 9.53 Å². The molecule has 0 spiro atoms. The van der Waals surface area contributed by atoms with Crippen LogP contribution in [0.3, 0.4) is 0 Å². The summed E-state index contributed by atoms with van der Waals surface area (Å²) < 4.78 is 5.40. The van der Waals surface area contributed by atoms with Crippen molar-refractivity contribution in [3.63, 3.8) is 0 Å². The second kappa shape index (κ2) is 5.09. The van der Waals surface area contributed by atoms with Crippen LogP contribution in [-0.4, -0.2) is 31.7 Å². The van der Waals surface area contributed by atoms with Crippen molar-refractivity contribution in [2.75, 3.05) is 19.7 Å². The highest BCUT2D eigenvalue weighted by atomic mass is 16.5. The number of carbonyl (C=O) groups excluding carboxylic acids is 1. The average Bonchev–Trinajstić information content (AvgIpc) is 1.88. The standard InChI is InChI=1S/C6H13NO.CH3NO/c1-6(2)5-7-3-4-8-6;2-1-3/h7H,3-5H2,1-2H3;1H,(H2,2,3). The van der Waals surface area contributed by atoms with E-state index in [-0.39, 0.29) is 12.0 Å². The quantitative estimate of drug-likeness (QED) is 0.469. The molecule has 0 radical (unpaired) electrons. The summed E-state index contributed by atoms with van der Waals surface area (Å²) in [6.07, 6.45) is 0.250. The van der Waals surface area contributed by atoms with Crippen LogP contribution in [0.25, 0.3) is 0 Å². The Hall–Kier alpha value is -0.610. The van der Waals surface area contributed by atoms with Gasteiger partial charge >= 0.3 is 0 Å². The lowest BCUT2D eigenvalue weighted by molar-refractivity contribution is -0.106. The molecule has 0 atom stereocenters. The largest absolute Gasteiger partial charge is 0.373 e. The molecule has 0 aromatic rings. The van der Waals surface area contributed by atoms with Gasteiger partial charge in [-0.2, -0.15) is 0 Å². The minimum Gasteiger partial charge on any atom is -0.373 e. The Morgan fingerprint density at radius 2 is 2.18 bits per heavy atom. The number of ether oxygens (including phenoxy) is 1. The Balaban J connectivity index is 0.000000292. The minimum absolute atomic E-state index is 0.0677. The third kappa shape index (κ3) is 5.82. The molecule has 1 amide bonds. The lowest BCUT2D eigenvalue weighted by atomic mass is 10.1. The molecule has 3 N–H and O–H groups in total. The monoisotopic (exact) mass is 160 g/mol. The molecule has 1 saturated heterocycles. The summed E-state index contributed by atoms with van der Waals surface area (Å²) >= 11 is 0. The topological polar surface area (TPSA) is 64.3 Å². The Morgan fingerprint density at radius 3 is 2.36 bits per heavy atom. The van der Waals surface area contributed by atoms with Gasteiger partial charge < -0.3 is 15.8 Å². The number of hydrogen-bond donors (Lipinski definition) is 2. The second-order valence-electron chi connectivity index (χ2n) is 2.92. The van der Waals surface area contributed by atoms with Crippen LogP contribution < -0.4 is 11.1 Å². The fourth-order valence-corrected chi connectivity index (χ4v) is 0.840. The van der Waals surface area contributed by atoms with E-state index in [0.29, 0.717) is 0 Å². The third-order valence-corrected chi connectivity index (χ3v) is 1.32. The van der Waals surface area contributed by atoms with Crippen molar-refractivity contribution in [1.82, 2.24) is 5.32 Å². The van der Waals surface area contributed by atoms with Crippen molar-refractivity contribution in [3.8, 4) is 0 Å². The zero-order chi connectivity index (χ0) is 8.74. The van der Waals surface area contributed by atoms with Crippen LogP contribution in [0, 0.1) is 0 Å². The van der Waals surface area contributed by atoms with Crippen molar-refractivity contribution in [2.45, 2.75) is 19.4 Å². The number of nitrogens with one attached hydrogen (secondary N) is 1. The summed E-state index contributed by atoms with van der Waals surface area (Å²) in [5.74, 6) is 0. The zero-order valence-electron chi connectivity index (χ0n) is 7.09. The summed E-state index contributed by atoms with van der Waals surface area (Å²) in [6.45, 7) is 7.03. The highest BCUT2D eigenvalue weighted by molar-refractivity contribution is 5.42. The molecule has 0 aromatic heterocycles. The molecular formula is C7H16N2O2. The van der Waals surface area contributed by atoms with Crippen LogP contribution in [0.1, 0.15) is 13.8 Å². The predicted molar refractivity (Wildman–Crippen MR) is 43.2 cm³/mol. The van der Waals surface area contributed by atoms with Crippen molar-refractivity contribution in [2.24, 2.45) is 5.73 Å². The molecule has 4 heteroatoms. The van der Waals surface area contributed by atoms with Crippen molar-refractivity contribution in [1.29, 1.82) is 0 Å². The van der Waals surface area contributed by atoms with Crippen LogP contribution in [0.15, 0.2) is 0 Å². The van der Waals surface area contributed by atoms with Gasteiger partial charge in [-0.25, -0.2) is 0 Å². The molecule has 4 nitrogen and oxygen atoms in total. The molecule has 0 unspecified atom stereocenters.